The molecule has 3 N–H and O–H groups in total. The maximum atomic E-state index is 11.9. The van der Waals surface area contributed by atoms with Gasteiger partial charge in [0.05, 0.1) is 5.69 Å². The molecule has 0 aliphatic rings. The van der Waals surface area contributed by atoms with Crippen LogP contribution in [0, 0.1) is 6.92 Å². The minimum absolute atomic E-state index is 0.249. The van der Waals surface area contributed by atoms with Crippen molar-refractivity contribution in [3.63, 3.8) is 0 Å². The van der Waals surface area contributed by atoms with Gasteiger partial charge in [-0.25, -0.2) is 4.98 Å². The van der Waals surface area contributed by atoms with Crippen molar-refractivity contribution in [1.82, 2.24) is 9.97 Å². The molecular weight excluding hydrogens is 216 g/mol. The number of aromatic nitrogens is 2. The van der Waals surface area contributed by atoms with E-state index in [9.17, 15) is 4.79 Å². The smallest absolute Gasteiger partial charge is 0.256 e. The number of aryl methyl sites for hydroxylation is 1. The molecule has 2 heterocycles. The Morgan fingerprint density at radius 1 is 1.29 bits per heavy atom. The number of hydrogen-bond donors (Lipinski definition) is 2. The van der Waals surface area contributed by atoms with E-state index in [1.54, 1.807) is 36.7 Å². The van der Waals surface area contributed by atoms with Crippen LogP contribution in [-0.4, -0.2) is 15.9 Å². The van der Waals surface area contributed by atoms with Gasteiger partial charge in [-0.1, -0.05) is 0 Å². The molecule has 5 nitrogen and oxygen atoms in total. The van der Waals surface area contributed by atoms with Crippen LogP contribution < -0.4 is 11.1 Å². The Hall–Kier alpha value is -2.43. The molecule has 0 bridgehead atoms. The van der Waals surface area contributed by atoms with Gasteiger partial charge in [0.1, 0.15) is 0 Å². The molecule has 0 atom stereocenters. The zero-order chi connectivity index (χ0) is 12.3. The number of carbonyl (C=O) groups excluding carboxylic acids is 1. The van der Waals surface area contributed by atoms with Crippen LogP contribution >= 0.6 is 0 Å². The highest BCUT2D eigenvalue weighted by molar-refractivity contribution is 6.04. The van der Waals surface area contributed by atoms with Crippen molar-refractivity contribution in [3.05, 3.63) is 47.9 Å². The molecule has 0 spiro atoms. The van der Waals surface area contributed by atoms with Crippen LogP contribution in [-0.2, 0) is 0 Å². The first-order valence-electron chi connectivity index (χ1n) is 5.11. The first kappa shape index (κ1) is 11.1. The van der Waals surface area contributed by atoms with E-state index >= 15 is 0 Å². The van der Waals surface area contributed by atoms with Gasteiger partial charge < -0.3 is 11.1 Å². The third-order valence-corrected chi connectivity index (χ3v) is 2.23. The van der Waals surface area contributed by atoms with Crippen molar-refractivity contribution in [2.75, 3.05) is 11.1 Å². The lowest BCUT2D eigenvalue weighted by Crippen LogP contribution is -2.14. The summed E-state index contributed by atoms with van der Waals surface area (Å²) in [6.45, 7) is 1.83. The van der Waals surface area contributed by atoms with Gasteiger partial charge in [-0.15, -0.1) is 0 Å². The molecule has 1 amide bonds. The molecule has 0 saturated heterocycles. The fourth-order valence-electron chi connectivity index (χ4n) is 1.39. The van der Waals surface area contributed by atoms with E-state index in [1.165, 1.54) is 0 Å². The second kappa shape index (κ2) is 4.61. The molecule has 2 aromatic rings. The summed E-state index contributed by atoms with van der Waals surface area (Å²) in [6.07, 6.45) is 3.16. The summed E-state index contributed by atoms with van der Waals surface area (Å²) in [6, 6.07) is 6.73. The van der Waals surface area contributed by atoms with Gasteiger partial charge in [-0.3, -0.25) is 9.78 Å². The van der Waals surface area contributed by atoms with E-state index in [4.69, 9.17) is 5.73 Å². The van der Waals surface area contributed by atoms with Crippen molar-refractivity contribution in [2.24, 2.45) is 0 Å². The van der Waals surface area contributed by atoms with Crippen molar-refractivity contribution in [1.29, 1.82) is 0 Å². The van der Waals surface area contributed by atoms with E-state index in [2.05, 4.69) is 15.3 Å². The molecule has 0 aromatic carbocycles. The van der Waals surface area contributed by atoms with Crippen molar-refractivity contribution >= 4 is 17.4 Å². The maximum absolute atomic E-state index is 11.9. The average molecular weight is 228 g/mol. The normalized spacial score (nSPS) is 9.94. The Bertz CT molecular complexity index is 554. The summed E-state index contributed by atoms with van der Waals surface area (Å²) in [7, 11) is 0. The van der Waals surface area contributed by atoms with Crippen LogP contribution in [0.15, 0.2) is 36.7 Å². The average Bonchev–Trinajstić information content (AvgIpc) is 2.32. The zero-order valence-electron chi connectivity index (χ0n) is 9.34. The van der Waals surface area contributed by atoms with Gasteiger partial charge in [0, 0.05) is 23.7 Å². The van der Waals surface area contributed by atoms with Gasteiger partial charge in [-0.2, -0.15) is 0 Å². The van der Waals surface area contributed by atoms with Crippen LogP contribution in [0.25, 0.3) is 0 Å². The largest absolute Gasteiger partial charge is 0.396 e. The summed E-state index contributed by atoms with van der Waals surface area (Å²) in [4.78, 5) is 19.9. The molecule has 17 heavy (non-hydrogen) atoms. The predicted molar refractivity (Wildman–Crippen MR) is 65.6 cm³/mol. The molecule has 2 aromatic heterocycles. The second-order valence-corrected chi connectivity index (χ2v) is 3.58. The standard InChI is InChI=1S/C12H12N4O/c1-8-7-9(4-6-14-8)12(17)16-11-10(13)3-2-5-15-11/h2-7H,13H2,1H3,(H,15,16,17). The Kier molecular flexibility index (Phi) is 3.00. The van der Waals surface area contributed by atoms with Crippen LogP contribution in [0.5, 0.6) is 0 Å². The van der Waals surface area contributed by atoms with Crippen molar-refractivity contribution in [3.8, 4) is 0 Å². The number of nitrogens with one attached hydrogen (secondary N) is 1. The van der Waals surface area contributed by atoms with Crippen LogP contribution in [0.4, 0.5) is 11.5 Å². The molecule has 86 valence electrons. The Morgan fingerprint density at radius 3 is 2.82 bits per heavy atom. The summed E-state index contributed by atoms with van der Waals surface area (Å²) >= 11 is 0. The van der Waals surface area contributed by atoms with E-state index in [-0.39, 0.29) is 5.91 Å². The Balaban J connectivity index is 2.20. The monoisotopic (exact) mass is 228 g/mol. The first-order valence-corrected chi connectivity index (χ1v) is 5.11. The molecule has 0 saturated carbocycles. The number of carbonyl (C=O) groups is 1. The third kappa shape index (κ3) is 2.57. The van der Waals surface area contributed by atoms with Crippen molar-refractivity contribution in [2.45, 2.75) is 6.92 Å². The molecule has 0 radical (unpaired) electrons. The highest BCUT2D eigenvalue weighted by Gasteiger charge is 2.08. The molecule has 5 heteroatoms. The molecule has 0 fully saturated rings. The third-order valence-electron chi connectivity index (χ3n) is 2.23. The molecule has 2 rings (SSSR count). The number of nitrogen functional groups attached to an aromatic ring is 1. The number of rotatable bonds is 2. The highest BCUT2D eigenvalue weighted by Crippen LogP contribution is 2.14. The Morgan fingerprint density at radius 2 is 2.12 bits per heavy atom. The lowest BCUT2D eigenvalue weighted by molar-refractivity contribution is 0.102. The lowest BCUT2D eigenvalue weighted by atomic mass is 10.2. The van der Waals surface area contributed by atoms with E-state index in [1.807, 2.05) is 6.92 Å². The molecular formula is C12H12N4O. The van der Waals surface area contributed by atoms with E-state index in [0.29, 0.717) is 17.1 Å². The Labute approximate surface area is 98.7 Å². The quantitative estimate of drug-likeness (QED) is 0.818. The topological polar surface area (TPSA) is 80.9 Å². The fraction of sp³-hybridized carbons (Fsp3) is 0.0833. The number of nitrogens with two attached hydrogens (primary N) is 1. The number of amides is 1. The lowest BCUT2D eigenvalue weighted by Gasteiger charge is -2.06. The number of anilines is 2. The first-order chi connectivity index (χ1) is 8.16. The number of nitrogens with zero attached hydrogens (tertiary/aromatic N) is 2. The van der Waals surface area contributed by atoms with E-state index in [0.717, 1.165) is 5.69 Å². The summed E-state index contributed by atoms with van der Waals surface area (Å²) in [5, 5.41) is 2.65. The highest BCUT2D eigenvalue weighted by atomic mass is 16.1. The van der Waals surface area contributed by atoms with Crippen LogP contribution in [0.1, 0.15) is 16.1 Å². The van der Waals surface area contributed by atoms with Gasteiger partial charge in [-0.05, 0) is 31.2 Å². The van der Waals surface area contributed by atoms with E-state index < -0.39 is 0 Å². The van der Waals surface area contributed by atoms with Crippen LogP contribution in [0.2, 0.25) is 0 Å². The summed E-state index contributed by atoms with van der Waals surface area (Å²) in [5.74, 6) is 0.118. The second-order valence-electron chi connectivity index (χ2n) is 3.58. The minimum Gasteiger partial charge on any atom is -0.396 e. The van der Waals surface area contributed by atoms with Gasteiger partial charge in [0.15, 0.2) is 5.82 Å². The summed E-state index contributed by atoms with van der Waals surface area (Å²) in [5.41, 5.74) is 7.44. The molecule has 0 aliphatic carbocycles. The minimum atomic E-state index is -0.249. The van der Waals surface area contributed by atoms with Gasteiger partial charge in [0.25, 0.3) is 5.91 Å². The van der Waals surface area contributed by atoms with Crippen molar-refractivity contribution < 1.29 is 4.79 Å². The van der Waals surface area contributed by atoms with Crippen LogP contribution in [0.3, 0.4) is 0 Å². The predicted octanol–water partition coefficient (Wildman–Crippen LogP) is 1.62. The van der Waals surface area contributed by atoms with Gasteiger partial charge >= 0.3 is 0 Å². The SMILES string of the molecule is Cc1cc(C(=O)Nc2ncccc2N)ccn1. The maximum Gasteiger partial charge on any atom is 0.256 e. The fourth-order valence-corrected chi connectivity index (χ4v) is 1.39. The molecule has 0 aliphatic heterocycles. The van der Waals surface area contributed by atoms with Gasteiger partial charge in [0.2, 0.25) is 0 Å². The number of pyridine rings is 2. The summed E-state index contributed by atoms with van der Waals surface area (Å²) < 4.78 is 0. The molecule has 0 unspecified atom stereocenters. The zero-order valence-corrected chi connectivity index (χ0v) is 9.34. The number of hydrogen-bond acceptors (Lipinski definition) is 4.